The molecule has 1 aliphatic heterocycles. The lowest BCUT2D eigenvalue weighted by Gasteiger charge is -2.20. The Morgan fingerprint density at radius 2 is 2.42 bits per heavy atom. The second-order valence-electron chi connectivity index (χ2n) is 4.27. The summed E-state index contributed by atoms with van der Waals surface area (Å²) in [6.45, 7) is 0.648. The standard InChI is InChI=1S/C14H16ClNO3/c1-18-14(17)10-5-6-12(15)13(8-10)16-9-11-4-2-3-7-19-11/h3,5-8,11,16H,2,4,9H2,1H3. The van der Waals surface area contributed by atoms with E-state index in [0.29, 0.717) is 22.8 Å². The van der Waals surface area contributed by atoms with Crippen LogP contribution in [-0.4, -0.2) is 25.7 Å². The number of ether oxygens (including phenoxy) is 2. The fourth-order valence-electron chi connectivity index (χ4n) is 1.86. The van der Waals surface area contributed by atoms with E-state index in [1.165, 1.54) is 7.11 Å². The highest BCUT2D eigenvalue weighted by Crippen LogP contribution is 2.24. The van der Waals surface area contributed by atoms with Crippen LogP contribution in [-0.2, 0) is 9.47 Å². The summed E-state index contributed by atoms with van der Waals surface area (Å²) in [6, 6.07) is 5.00. The molecule has 0 amide bonds. The van der Waals surface area contributed by atoms with E-state index in [2.05, 4.69) is 10.1 Å². The Morgan fingerprint density at radius 3 is 3.11 bits per heavy atom. The SMILES string of the molecule is COC(=O)c1ccc(Cl)c(NCC2CCC=CO2)c1. The third kappa shape index (κ3) is 3.64. The van der Waals surface area contributed by atoms with Gasteiger partial charge in [0, 0.05) is 0 Å². The van der Waals surface area contributed by atoms with Gasteiger partial charge in [-0.2, -0.15) is 0 Å². The monoisotopic (exact) mass is 281 g/mol. The van der Waals surface area contributed by atoms with E-state index in [4.69, 9.17) is 16.3 Å². The lowest BCUT2D eigenvalue weighted by atomic mass is 10.1. The number of nitrogens with one attached hydrogen (secondary N) is 1. The van der Waals surface area contributed by atoms with Gasteiger partial charge < -0.3 is 14.8 Å². The number of anilines is 1. The summed E-state index contributed by atoms with van der Waals surface area (Å²) >= 11 is 6.09. The quantitative estimate of drug-likeness (QED) is 0.861. The van der Waals surface area contributed by atoms with Crippen molar-refractivity contribution in [3.8, 4) is 0 Å². The molecule has 0 saturated carbocycles. The molecule has 1 aromatic rings. The number of esters is 1. The number of hydrogen-bond acceptors (Lipinski definition) is 4. The van der Waals surface area contributed by atoms with Crippen molar-refractivity contribution < 1.29 is 14.3 Å². The molecular formula is C14H16ClNO3. The Bertz CT molecular complexity index is 488. The van der Waals surface area contributed by atoms with Crippen molar-refractivity contribution in [1.29, 1.82) is 0 Å². The van der Waals surface area contributed by atoms with Crippen LogP contribution in [0.25, 0.3) is 0 Å². The Labute approximate surface area is 117 Å². The number of carbonyl (C=O) groups is 1. The van der Waals surface area contributed by atoms with Gasteiger partial charge in [-0.1, -0.05) is 11.6 Å². The van der Waals surface area contributed by atoms with Crippen LogP contribution in [0.4, 0.5) is 5.69 Å². The molecule has 0 saturated heterocycles. The highest BCUT2D eigenvalue weighted by Gasteiger charge is 2.13. The maximum Gasteiger partial charge on any atom is 0.337 e. The van der Waals surface area contributed by atoms with Gasteiger partial charge in [-0.25, -0.2) is 4.79 Å². The number of halogens is 1. The summed E-state index contributed by atoms with van der Waals surface area (Å²) in [5, 5.41) is 3.77. The molecule has 0 fully saturated rings. The van der Waals surface area contributed by atoms with Gasteiger partial charge in [0.05, 0.1) is 36.2 Å². The van der Waals surface area contributed by atoms with Crippen LogP contribution in [0.15, 0.2) is 30.5 Å². The van der Waals surface area contributed by atoms with E-state index < -0.39 is 0 Å². The molecule has 1 aliphatic rings. The van der Waals surface area contributed by atoms with Gasteiger partial charge in [0.2, 0.25) is 0 Å². The van der Waals surface area contributed by atoms with Gasteiger partial charge in [0.25, 0.3) is 0 Å². The van der Waals surface area contributed by atoms with Crippen molar-refractivity contribution in [2.24, 2.45) is 0 Å². The molecule has 102 valence electrons. The summed E-state index contributed by atoms with van der Waals surface area (Å²) in [6.07, 6.45) is 5.84. The second-order valence-corrected chi connectivity index (χ2v) is 4.68. The van der Waals surface area contributed by atoms with Crippen LogP contribution in [0.2, 0.25) is 5.02 Å². The third-order valence-electron chi connectivity index (χ3n) is 2.93. The van der Waals surface area contributed by atoms with Gasteiger partial charge in [0.15, 0.2) is 0 Å². The lowest BCUT2D eigenvalue weighted by Crippen LogP contribution is -2.23. The summed E-state index contributed by atoms with van der Waals surface area (Å²) in [4.78, 5) is 11.5. The average Bonchev–Trinajstić information content (AvgIpc) is 2.46. The molecule has 1 aromatic carbocycles. The highest BCUT2D eigenvalue weighted by molar-refractivity contribution is 6.33. The van der Waals surface area contributed by atoms with E-state index in [1.807, 2.05) is 6.08 Å². The Kier molecular flexibility index (Phi) is 4.68. The van der Waals surface area contributed by atoms with Crippen molar-refractivity contribution in [2.45, 2.75) is 18.9 Å². The van der Waals surface area contributed by atoms with Crippen molar-refractivity contribution >= 4 is 23.3 Å². The Balaban J connectivity index is 2.02. The minimum absolute atomic E-state index is 0.128. The molecule has 0 aliphatic carbocycles. The predicted octanol–water partition coefficient (Wildman–Crippen LogP) is 3.23. The first kappa shape index (κ1) is 13.7. The van der Waals surface area contributed by atoms with Crippen LogP contribution in [0.1, 0.15) is 23.2 Å². The molecule has 4 nitrogen and oxygen atoms in total. The maximum absolute atomic E-state index is 11.5. The van der Waals surface area contributed by atoms with Crippen LogP contribution in [0.3, 0.4) is 0 Å². The predicted molar refractivity (Wildman–Crippen MR) is 74.5 cm³/mol. The number of allylic oxidation sites excluding steroid dienone is 1. The smallest absolute Gasteiger partial charge is 0.337 e. The summed E-state index contributed by atoms with van der Waals surface area (Å²) in [7, 11) is 1.35. The molecule has 1 N–H and O–H groups in total. The number of hydrogen-bond donors (Lipinski definition) is 1. The van der Waals surface area contributed by atoms with E-state index in [0.717, 1.165) is 12.8 Å². The molecular weight excluding hydrogens is 266 g/mol. The summed E-state index contributed by atoms with van der Waals surface area (Å²) in [5.74, 6) is -0.378. The van der Waals surface area contributed by atoms with Gasteiger partial charge in [-0.15, -0.1) is 0 Å². The second kappa shape index (κ2) is 6.48. The van der Waals surface area contributed by atoms with Gasteiger partial charge in [0.1, 0.15) is 6.10 Å². The van der Waals surface area contributed by atoms with Crippen molar-refractivity contribution in [2.75, 3.05) is 19.0 Å². The van der Waals surface area contributed by atoms with Crippen molar-refractivity contribution in [3.63, 3.8) is 0 Å². The molecule has 1 heterocycles. The van der Waals surface area contributed by atoms with Crippen molar-refractivity contribution in [3.05, 3.63) is 41.1 Å². The molecule has 0 aromatic heterocycles. The summed E-state index contributed by atoms with van der Waals surface area (Å²) in [5.41, 5.74) is 1.18. The van der Waals surface area contributed by atoms with Gasteiger partial charge in [-0.05, 0) is 37.1 Å². The molecule has 1 atom stereocenters. The third-order valence-corrected chi connectivity index (χ3v) is 3.26. The Hall–Kier alpha value is -1.68. The number of rotatable bonds is 4. The lowest BCUT2D eigenvalue weighted by molar-refractivity contribution is 0.0601. The van der Waals surface area contributed by atoms with E-state index in [1.54, 1.807) is 24.5 Å². The zero-order valence-electron chi connectivity index (χ0n) is 10.7. The fraction of sp³-hybridized carbons (Fsp3) is 0.357. The minimum Gasteiger partial charge on any atom is -0.497 e. The Morgan fingerprint density at radius 1 is 1.58 bits per heavy atom. The van der Waals surface area contributed by atoms with Crippen molar-refractivity contribution in [1.82, 2.24) is 0 Å². The number of methoxy groups -OCH3 is 1. The molecule has 0 spiro atoms. The van der Waals surface area contributed by atoms with Gasteiger partial charge in [-0.3, -0.25) is 0 Å². The van der Waals surface area contributed by atoms with Crippen LogP contribution >= 0.6 is 11.6 Å². The fourth-order valence-corrected chi connectivity index (χ4v) is 2.05. The zero-order valence-corrected chi connectivity index (χ0v) is 11.4. The summed E-state index contributed by atoms with van der Waals surface area (Å²) < 4.78 is 10.1. The topological polar surface area (TPSA) is 47.6 Å². The minimum atomic E-state index is -0.378. The van der Waals surface area contributed by atoms with Crippen LogP contribution < -0.4 is 5.32 Å². The number of benzene rings is 1. The number of carbonyl (C=O) groups excluding carboxylic acids is 1. The molecule has 19 heavy (non-hydrogen) atoms. The first-order valence-electron chi connectivity index (χ1n) is 6.13. The molecule has 2 rings (SSSR count). The first-order valence-corrected chi connectivity index (χ1v) is 6.50. The van der Waals surface area contributed by atoms with E-state index >= 15 is 0 Å². The van der Waals surface area contributed by atoms with E-state index in [9.17, 15) is 4.79 Å². The largest absolute Gasteiger partial charge is 0.497 e. The van der Waals surface area contributed by atoms with Crippen LogP contribution in [0, 0.1) is 0 Å². The molecule has 0 bridgehead atoms. The normalized spacial score (nSPS) is 17.7. The maximum atomic E-state index is 11.5. The van der Waals surface area contributed by atoms with E-state index in [-0.39, 0.29) is 12.1 Å². The van der Waals surface area contributed by atoms with Gasteiger partial charge >= 0.3 is 5.97 Å². The van der Waals surface area contributed by atoms with Crippen LogP contribution in [0.5, 0.6) is 0 Å². The molecule has 0 radical (unpaired) electrons. The zero-order chi connectivity index (χ0) is 13.7. The molecule has 5 heteroatoms. The average molecular weight is 282 g/mol. The molecule has 1 unspecified atom stereocenters. The highest BCUT2D eigenvalue weighted by atomic mass is 35.5. The first-order chi connectivity index (χ1) is 9.20.